The lowest BCUT2D eigenvalue weighted by Crippen LogP contribution is -2.39. The molecule has 0 radical (unpaired) electrons. The number of esters is 1. The zero-order valence-corrected chi connectivity index (χ0v) is 16.0. The molecule has 2 aliphatic rings. The zero-order chi connectivity index (χ0) is 17.9. The Bertz CT molecular complexity index is 527. The van der Waals surface area contributed by atoms with Gasteiger partial charge in [0.15, 0.2) is 0 Å². The third kappa shape index (κ3) is 4.25. The van der Waals surface area contributed by atoms with Gasteiger partial charge in [-0.05, 0) is 11.8 Å². The largest absolute Gasteiger partial charge is 0.465 e. The van der Waals surface area contributed by atoms with Gasteiger partial charge in [-0.15, -0.1) is 11.8 Å². The smallest absolute Gasteiger partial charge is 0.346 e. The van der Waals surface area contributed by atoms with Crippen molar-refractivity contribution in [1.29, 1.82) is 0 Å². The molecule has 1 unspecified atom stereocenters. The highest BCUT2D eigenvalue weighted by molar-refractivity contribution is 8.04. The number of thioether (sulfide) groups is 1. The molecule has 2 atom stereocenters. The molecule has 1 fully saturated rings. The van der Waals surface area contributed by atoms with Crippen LogP contribution in [0.15, 0.2) is 10.6 Å². The Kier molecular flexibility index (Phi) is 6.20. The van der Waals surface area contributed by atoms with Crippen molar-refractivity contribution in [1.82, 2.24) is 10.2 Å². The Balaban J connectivity index is 2.08. The van der Waals surface area contributed by atoms with Gasteiger partial charge in [0.05, 0.1) is 13.7 Å². The van der Waals surface area contributed by atoms with Gasteiger partial charge in [-0.2, -0.15) is 0 Å². The number of likely N-dealkylation sites (tertiary alicyclic amines) is 1. The molecule has 0 bridgehead atoms. The second-order valence-electron chi connectivity index (χ2n) is 7.28. The van der Waals surface area contributed by atoms with E-state index in [-0.39, 0.29) is 28.6 Å². The number of methoxy groups -OCH3 is 2. The van der Waals surface area contributed by atoms with Crippen molar-refractivity contribution < 1.29 is 19.1 Å². The van der Waals surface area contributed by atoms with Gasteiger partial charge in [0.2, 0.25) is 5.91 Å². The van der Waals surface area contributed by atoms with Crippen LogP contribution >= 0.6 is 11.8 Å². The molecule has 1 N–H and O–H groups in total. The molecule has 1 amide bonds. The monoisotopic (exact) mass is 356 g/mol. The van der Waals surface area contributed by atoms with Crippen molar-refractivity contribution >= 4 is 23.6 Å². The fourth-order valence-electron chi connectivity index (χ4n) is 2.91. The van der Waals surface area contributed by atoms with E-state index in [2.05, 4.69) is 26.1 Å². The number of ether oxygens (including phenoxy) is 2. The highest BCUT2D eigenvalue weighted by Gasteiger charge is 2.39. The Morgan fingerprint density at radius 3 is 2.67 bits per heavy atom. The molecular formula is C17H28N2O4S. The fourth-order valence-corrected chi connectivity index (χ4v) is 4.26. The normalized spacial score (nSPS) is 24.7. The van der Waals surface area contributed by atoms with Gasteiger partial charge in [0.1, 0.15) is 10.9 Å². The summed E-state index contributed by atoms with van der Waals surface area (Å²) in [6.45, 7) is 8.35. The zero-order valence-electron chi connectivity index (χ0n) is 15.2. The van der Waals surface area contributed by atoms with Crippen molar-refractivity contribution in [3.63, 3.8) is 0 Å². The minimum atomic E-state index is -0.323. The molecule has 0 aromatic rings. The first-order valence-electron chi connectivity index (χ1n) is 8.30. The summed E-state index contributed by atoms with van der Waals surface area (Å²) in [6, 6.07) is -0.268. The van der Waals surface area contributed by atoms with Crippen LogP contribution in [0.5, 0.6) is 0 Å². The second kappa shape index (κ2) is 7.78. The minimum Gasteiger partial charge on any atom is -0.465 e. The number of carbonyl (C=O) groups is 2. The van der Waals surface area contributed by atoms with Gasteiger partial charge in [-0.1, -0.05) is 20.8 Å². The maximum Gasteiger partial charge on any atom is 0.346 e. The number of hydrogen-bond donors (Lipinski definition) is 1. The van der Waals surface area contributed by atoms with Crippen LogP contribution in [0.1, 0.15) is 33.6 Å². The van der Waals surface area contributed by atoms with E-state index in [1.807, 2.05) is 4.90 Å². The average Bonchev–Trinajstić information content (AvgIpc) is 3.10. The van der Waals surface area contributed by atoms with Crippen LogP contribution in [-0.2, 0) is 19.1 Å². The Morgan fingerprint density at radius 2 is 2.08 bits per heavy atom. The summed E-state index contributed by atoms with van der Waals surface area (Å²) >= 11 is 1.56. The first-order valence-corrected chi connectivity index (χ1v) is 9.18. The van der Waals surface area contributed by atoms with Crippen LogP contribution in [0, 0.1) is 5.41 Å². The van der Waals surface area contributed by atoms with E-state index < -0.39 is 0 Å². The number of rotatable bonds is 6. The molecule has 0 aliphatic carbocycles. The van der Waals surface area contributed by atoms with Crippen LogP contribution in [0.3, 0.4) is 0 Å². The van der Waals surface area contributed by atoms with Crippen molar-refractivity contribution in [2.75, 3.05) is 33.9 Å². The molecule has 0 saturated carbocycles. The van der Waals surface area contributed by atoms with Crippen LogP contribution < -0.4 is 5.32 Å². The topological polar surface area (TPSA) is 67.9 Å². The minimum absolute atomic E-state index is 0.0670. The molecule has 1 saturated heterocycles. The van der Waals surface area contributed by atoms with Crippen LogP contribution in [0.25, 0.3) is 0 Å². The summed E-state index contributed by atoms with van der Waals surface area (Å²) in [7, 11) is 3.03. The van der Waals surface area contributed by atoms with E-state index in [1.54, 1.807) is 18.9 Å². The maximum atomic E-state index is 12.5. The van der Waals surface area contributed by atoms with Gasteiger partial charge in [0, 0.05) is 37.6 Å². The highest BCUT2D eigenvalue weighted by atomic mass is 32.2. The van der Waals surface area contributed by atoms with E-state index >= 15 is 0 Å². The van der Waals surface area contributed by atoms with Crippen molar-refractivity contribution in [2.24, 2.45) is 5.41 Å². The number of carbonyl (C=O) groups excluding carboxylic acids is 2. The number of nitrogens with zero attached hydrogens (tertiary/aromatic N) is 1. The lowest BCUT2D eigenvalue weighted by Gasteiger charge is -2.26. The predicted molar refractivity (Wildman–Crippen MR) is 94.5 cm³/mol. The van der Waals surface area contributed by atoms with E-state index in [0.29, 0.717) is 18.1 Å². The summed E-state index contributed by atoms with van der Waals surface area (Å²) in [5.41, 5.74) is 0.913. The number of allylic oxidation sites excluding steroid dienone is 1. The quantitative estimate of drug-likeness (QED) is 0.732. The van der Waals surface area contributed by atoms with E-state index in [0.717, 1.165) is 25.1 Å². The summed E-state index contributed by atoms with van der Waals surface area (Å²) in [5.74, 6) is -0.246. The van der Waals surface area contributed by atoms with Crippen molar-refractivity contribution in [3.05, 3.63) is 10.6 Å². The number of amides is 1. The molecule has 0 aromatic heterocycles. The van der Waals surface area contributed by atoms with E-state index in [1.165, 1.54) is 7.11 Å². The highest BCUT2D eigenvalue weighted by Crippen LogP contribution is 2.45. The molecular weight excluding hydrogens is 328 g/mol. The van der Waals surface area contributed by atoms with Crippen molar-refractivity contribution in [3.8, 4) is 0 Å². The van der Waals surface area contributed by atoms with E-state index in [9.17, 15) is 9.59 Å². The van der Waals surface area contributed by atoms with Gasteiger partial charge in [0.25, 0.3) is 0 Å². The molecule has 0 aromatic carbocycles. The summed E-state index contributed by atoms with van der Waals surface area (Å²) in [6.07, 6.45) is 1.49. The summed E-state index contributed by atoms with van der Waals surface area (Å²) in [4.78, 5) is 27.0. The van der Waals surface area contributed by atoms with Gasteiger partial charge in [-0.25, -0.2) is 4.79 Å². The molecule has 6 nitrogen and oxygen atoms in total. The fraction of sp³-hybridized carbons (Fsp3) is 0.765. The van der Waals surface area contributed by atoms with Crippen LogP contribution in [0.4, 0.5) is 0 Å². The Morgan fingerprint density at radius 1 is 1.38 bits per heavy atom. The lowest BCUT2D eigenvalue weighted by molar-refractivity contribution is -0.135. The molecule has 2 aliphatic heterocycles. The maximum absolute atomic E-state index is 12.5. The summed E-state index contributed by atoms with van der Waals surface area (Å²) < 4.78 is 9.97. The summed E-state index contributed by atoms with van der Waals surface area (Å²) in [5, 5.41) is 3.61. The Labute approximate surface area is 148 Å². The first kappa shape index (κ1) is 19.1. The predicted octanol–water partition coefficient (Wildman–Crippen LogP) is 1.76. The SMILES string of the molecule is COCCN1CC[C@H](NC2=C(C(=O)OC)SC(C(C)(C)C)C2)C1=O. The van der Waals surface area contributed by atoms with Crippen molar-refractivity contribution in [2.45, 2.75) is 44.9 Å². The number of nitrogens with one attached hydrogen (secondary N) is 1. The third-order valence-electron chi connectivity index (χ3n) is 4.47. The van der Waals surface area contributed by atoms with E-state index in [4.69, 9.17) is 9.47 Å². The molecule has 2 heterocycles. The van der Waals surface area contributed by atoms with Gasteiger partial charge in [-0.3, -0.25) is 4.79 Å². The Hall–Kier alpha value is -1.21. The molecule has 24 heavy (non-hydrogen) atoms. The van der Waals surface area contributed by atoms with Gasteiger partial charge < -0.3 is 19.7 Å². The van der Waals surface area contributed by atoms with Crippen LogP contribution in [0.2, 0.25) is 0 Å². The molecule has 2 rings (SSSR count). The van der Waals surface area contributed by atoms with Crippen LogP contribution in [-0.4, -0.2) is 62.0 Å². The molecule has 0 spiro atoms. The third-order valence-corrected chi connectivity index (χ3v) is 6.28. The van der Waals surface area contributed by atoms with Gasteiger partial charge >= 0.3 is 5.97 Å². The molecule has 7 heteroatoms. The second-order valence-corrected chi connectivity index (χ2v) is 8.49. The molecule has 136 valence electrons. The lowest BCUT2D eigenvalue weighted by atomic mass is 9.89. The standard InChI is InChI=1S/C17H28N2O4S/c1-17(2,3)13-10-12(14(24-13)16(21)23-5)18-11-6-7-19(15(11)20)8-9-22-4/h11,13,18H,6-10H2,1-5H3/t11-,13?/m0/s1. The number of hydrogen-bond acceptors (Lipinski definition) is 6. The first-order chi connectivity index (χ1) is 11.3. The average molecular weight is 356 g/mol.